The molecule has 2 aromatic carbocycles. The van der Waals surface area contributed by atoms with Gasteiger partial charge in [0.25, 0.3) is 0 Å². The minimum absolute atomic E-state index is 0.0705. The fourth-order valence-corrected chi connectivity index (χ4v) is 5.42. The van der Waals surface area contributed by atoms with Gasteiger partial charge in [-0.25, -0.2) is 4.90 Å². The molecule has 2 aromatic rings. The van der Waals surface area contributed by atoms with Gasteiger partial charge in [0, 0.05) is 11.6 Å². The molecule has 5 unspecified atom stereocenters. The van der Waals surface area contributed by atoms with Crippen LogP contribution in [0.1, 0.15) is 54.7 Å². The number of hydrogen-bond donors (Lipinski definition) is 2. The van der Waals surface area contributed by atoms with Crippen LogP contribution in [0.25, 0.3) is 0 Å². The summed E-state index contributed by atoms with van der Waals surface area (Å²) >= 11 is 0. The quantitative estimate of drug-likeness (QED) is 0.453. The van der Waals surface area contributed by atoms with E-state index in [0.29, 0.717) is 12.0 Å². The normalized spacial score (nSPS) is 26.7. The first kappa shape index (κ1) is 25.6. The number of rotatable bonds is 6. The number of benzene rings is 2. The molecule has 2 heterocycles. The maximum Gasteiger partial charge on any atom is 0.416 e. The molecule has 0 aliphatic carbocycles. The van der Waals surface area contributed by atoms with Crippen molar-refractivity contribution in [2.24, 2.45) is 17.8 Å². The monoisotopic (exact) mass is 502 g/mol. The van der Waals surface area contributed by atoms with Crippen LogP contribution < -0.4 is 10.2 Å². The first-order valence-electron chi connectivity index (χ1n) is 11.5. The topological polar surface area (TPSA) is 104 Å². The van der Waals surface area contributed by atoms with Crippen LogP contribution in [-0.2, 0) is 20.6 Å². The largest absolute Gasteiger partial charge is 0.480 e. The van der Waals surface area contributed by atoms with Gasteiger partial charge in [-0.05, 0) is 54.8 Å². The number of nitrogens with one attached hydrogen (secondary N) is 1. The van der Waals surface area contributed by atoms with E-state index >= 15 is 0 Å². The van der Waals surface area contributed by atoms with Crippen molar-refractivity contribution in [2.75, 3.05) is 4.90 Å². The van der Waals surface area contributed by atoms with Gasteiger partial charge in [0.2, 0.25) is 11.8 Å². The molecule has 10 heteroatoms. The number of aliphatic carboxylic acids is 1. The Kier molecular flexibility index (Phi) is 6.28. The second-order valence-electron chi connectivity index (χ2n) is 9.35. The lowest BCUT2D eigenvalue weighted by Gasteiger charge is -2.36. The predicted molar refractivity (Wildman–Crippen MR) is 123 cm³/mol. The third-order valence-electron chi connectivity index (χ3n) is 7.44. The molecule has 2 fully saturated rings. The van der Waals surface area contributed by atoms with Gasteiger partial charge >= 0.3 is 12.1 Å². The molecule has 2 amide bonds. The van der Waals surface area contributed by atoms with Crippen molar-refractivity contribution in [1.29, 1.82) is 0 Å². The Morgan fingerprint density at radius 3 is 2.28 bits per heavy atom. The molecular formula is C26H25F3N2O5. The predicted octanol–water partition coefficient (Wildman–Crippen LogP) is 4.23. The molecule has 190 valence electrons. The van der Waals surface area contributed by atoms with Gasteiger partial charge in [-0.1, -0.05) is 32.4 Å². The molecule has 0 spiro atoms. The molecule has 36 heavy (non-hydrogen) atoms. The molecule has 0 saturated carbocycles. The fourth-order valence-electron chi connectivity index (χ4n) is 5.42. The number of carboxylic acids is 1. The molecule has 7 nitrogen and oxygen atoms in total. The number of hydrogen-bond acceptors (Lipinski definition) is 5. The lowest BCUT2D eigenvalue weighted by molar-refractivity contribution is -0.151. The van der Waals surface area contributed by atoms with Gasteiger partial charge in [-0.15, -0.1) is 0 Å². The highest BCUT2D eigenvalue weighted by Gasteiger charge is 2.70. The number of carbonyl (C=O) groups excluding carboxylic acids is 3. The number of imide groups is 1. The van der Waals surface area contributed by atoms with Crippen LogP contribution in [0, 0.1) is 17.8 Å². The number of amides is 2. The van der Waals surface area contributed by atoms with E-state index in [1.807, 2.05) is 0 Å². The van der Waals surface area contributed by atoms with E-state index in [4.69, 9.17) is 0 Å². The Balaban J connectivity index is 1.87. The van der Waals surface area contributed by atoms with Crippen molar-refractivity contribution in [3.8, 4) is 0 Å². The maximum absolute atomic E-state index is 13.7. The summed E-state index contributed by atoms with van der Waals surface area (Å²) in [6, 6.07) is 8.96. The molecule has 0 aromatic heterocycles. The van der Waals surface area contributed by atoms with Gasteiger partial charge in [0.05, 0.1) is 23.1 Å². The summed E-state index contributed by atoms with van der Waals surface area (Å²) in [4.78, 5) is 52.6. The zero-order valence-corrected chi connectivity index (χ0v) is 19.8. The Morgan fingerprint density at radius 2 is 1.75 bits per heavy atom. The van der Waals surface area contributed by atoms with Crippen molar-refractivity contribution in [1.82, 2.24) is 5.32 Å². The smallest absolute Gasteiger partial charge is 0.416 e. The van der Waals surface area contributed by atoms with Gasteiger partial charge in [-0.2, -0.15) is 13.2 Å². The number of fused-ring (bicyclic) bond motifs is 1. The lowest BCUT2D eigenvalue weighted by Crippen LogP contribution is -2.59. The van der Waals surface area contributed by atoms with Crippen LogP contribution in [0.2, 0.25) is 0 Å². The first-order chi connectivity index (χ1) is 16.8. The molecule has 2 aliphatic rings. The third kappa shape index (κ3) is 3.80. The highest BCUT2D eigenvalue weighted by Crippen LogP contribution is 2.53. The first-order valence-corrected chi connectivity index (χ1v) is 11.5. The number of nitrogens with zero attached hydrogens (tertiary/aromatic N) is 1. The third-order valence-corrected chi connectivity index (χ3v) is 7.44. The molecule has 2 N–H and O–H groups in total. The van der Waals surface area contributed by atoms with Gasteiger partial charge < -0.3 is 5.11 Å². The summed E-state index contributed by atoms with van der Waals surface area (Å²) in [7, 11) is 0. The highest BCUT2D eigenvalue weighted by molar-refractivity contribution is 6.24. The number of Topliss-reactive ketones (excluding diaryl/α,β-unsaturated/α-hetero) is 1. The molecule has 4 rings (SSSR count). The van der Waals surface area contributed by atoms with Crippen molar-refractivity contribution in [2.45, 2.75) is 44.9 Å². The van der Waals surface area contributed by atoms with Crippen LogP contribution in [0.5, 0.6) is 0 Å². The molecule has 0 bridgehead atoms. The van der Waals surface area contributed by atoms with Crippen LogP contribution in [0.15, 0.2) is 48.5 Å². The summed E-state index contributed by atoms with van der Waals surface area (Å²) < 4.78 is 40.3. The van der Waals surface area contributed by atoms with Crippen LogP contribution in [0.4, 0.5) is 18.9 Å². The average molecular weight is 502 g/mol. The van der Waals surface area contributed by atoms with E-state index in [2.05, 4.69) is 5.32 Å². The van der Waals surface area contributed by atoms with E-state index in [1.54, 1.807) is 13.8 Å². The minimum Gasteiger partial charge on any atom is -0.480 e. The van der Waals surface area contributed by atoms with E-state index in [9.17, 15) is 37.5 Å². The molecule has 2 aliphatic heterocycles. The van der Waals surface area contributed by atoms with Crippen LogP contribution >= 0.6 is 0 Å². The number of ketones is 1. The fraction of sp³-hybridized carbons (Fsp3) is 0.385. The Labute approximate surface area is 205 Å². The number of anilines is 1. The number of carbonyl (C=O) groups is 4. The Bertz CT molecular complexity index is 1240. The summed E-state index contributed by atoms with van der Waals surface area (Å²) in [6.45, 7) is 4.74. The molecular weight excluding hydrogens is 477 g/mol. The SMILES string of the molecule is CCC(C)C1(C(=O)O)NC(c2cccc(C(F)(F)F)c2)C2C(=O)N(c3ccc(C(C)=O)cc3)C(=O)C21. The zero-order chi connectivity index (χ0) is 26.6. The van der Waals surface area contributed by atoms with Crippen molar-refractivity contribution < 1.29 is 37.5 Å². The minimum atomic E-state index is -4.64. The average Bonchev–Trinajstić information content (AvgIpc) is 3.32. The number of alkyl halides is 3. The number of carboxylic acid groups (broad SMARTS) is 1. The van der Waals surface area contributed by atoms with Gasteiger partial charge in [-0.3, -0.25) is 24.5 Å². The second kappa shape index (κ2) is 8.85. The van der Waals surface area contributed by atoms with Crippen molar-refractivity contribution >= 4 is 29.3 Å². The zero-order valence-electron chi connectivity index (χ0n) is 19.8. The van der Waals surface area contributed by atoms with Gasteiger partial charge in [0.15, 0.2) is 5.78 Å². The summed E-state index contributed by atoms with van der Waals surface area (Å²) in [5.41, 5.74) is -2.22. The van der Waals surface area contributed by atoms with Crippen molar-refractivity contribution in [3.63, 3.8) is 0 Å². The summed E-state index contributed by atoms with van der Waals surface area (Å²) in [5.74, 6) is -6.23. The molecule has 2 saturated heterocycles. The van der Waals surface area contributed by atoms with E-state index in [-0.39, 0.29) is 17.0 Å². The van der Waals surface area contributed by atoms with E-state index in [1.165, 1.54) is 43.3 Å². The number of halogens is 3. The van der Waals surface area contributed by atoms with Gasteiger partial charge in [0.1, 0.15) is 5.54 Å². The standard InChI is InChI=1S/C26H25F3N2O5/c1-4-13(2)25(24(35)36)20-19(21(30-25)16-6-5-7-17(12-16)26(27,28)29)22(33)31(23(20)34)18-10-8-15(9-11-18)14(3)32/h5-13,19-21,30H,4H2,1-3H3,(H,35,36). The highest BCUT2D eigenvalue weighted by atomic mass is 19.4. The van der Waals surface area contributed by atoms with E-state index in [0.717, 1.165) is 17.0 Å². The van der Waals surface area contributed by atoms with Crippen molar-refractivity contribution in [3.05, 3.63) is 65.2 Å². The van der Waals surface area contributed by atoms with E-state index < -0.39 is 58.9 Å². The summed E-state index contributed by atoms with van der Waals surface area (Å²) in [5, 5.41) is 13.3. The lowest BCUT2D eigenvalue weighted by atomic mass is 9.72. The van der Waals surface area contributed by atoms with Crippen LogP contribution in [-0.4, -0.2) is 34.2 Å². The van der Waals surface area contributed by atoms with Crippen LogP contribution in [0.3, 0.4) is 0 Å². The Hall–Kier alpha value is -3.53. The summed E-state index contributed by atoms with van der Waals surface area (Å²) in [6.07, 6.45) is -4.30. The maximum atomic E-state index is 13.7. The second-order valence-corrected chi connectivity index (χ2v) is 9.35. The Morgan fingerprint density at radius 1 is 1.11 bits per heavy atom. The molecule has 5 atom stereocenters. The molecule has 0 radical (unpaired) electrons.